The quantitative estimate of drug-likeness (QED) is 0.651. The molecule has 0 N–H and O–H groups in total. The third-order valence-electron chi connectivity index (χ3n) is 8.24. The van der Waals surface area contributed by atoms with Gasteiger partial charge in [-0.05, 0) is 82.5 Å². The molecule has 4 heterocycles. The van der Waals surface area contributed by atoms with Crippen LogP contribution in [0.15, 0.2) is 29.8 Å². The molecule has 0 saturated carbocycles. The number of hydrogen-bond donors (Lipinski definition) is 0. The Labute approximate surface area is 184 Å². The van der Waals surface area contributed by atoms with Crippen LogP contribution in [0.5, 0.6) is 0 Å². The average Bonchev–Trinajstić information content (AvgIpc) is 2.79. The Morgan fingerprint density at radius 1 is 1.03 bits per heavy atom. The highest BCUT2D eigenvalue weighted by Gasteiger charge is 2.47. The molecule has 4 atom stereocenters. The number of benzene rings is 1. The summed E-state index contributed by atoms with van der Waals surface area (Å²) in [5, 5.41) is 0. The van der Waals surface area contributed by atoms with Gasteiger partial charge in [-0.25, -0.2) is 9.97 Å². The molecular formula is C26H32N4O. The molecule has 6 rings (SSSR count). The molecule has 4 aliphatic rings. The number of fused-ring (bicyclic) bond motifs is 7. The largest absolute Gasteiger partial charge is 0.332 e. The summed E-state index contributed by atoms with van der Waals surface area (Å²) in [5.74, 6) is 1.44. The Kier molecular flexibility index (Phi) is 4.64. The van der Waals surface area contributed by atoms with Crippen molar-refractivity contribution in [3.63, 3.8) is 0 Å². The minimum absolute atomic E-state index is 0.164. The second-order valence-electron chi connectivity index (χ2n) is 10.1. The van der Waals surface area contributed by atoms with Crippen molar-refractivity contribution in [1.82, 2.24) is 19.8 Å². The molecule has 2 aromatic rings. The number of hydrogen-bond acceptors (Lipinski definition) is 4. The van der Waals surface area contributed by atoms with E-state index in [1.165, 1.54) is 37.8 Å². The summed E-state index contributed by atoms with van der Waals surface area (Å²) in [6.45, 7) is 7.23. The lowest BCUT2D eigenvalue weighted by atomic mass is 9.68. The zero-order valence-corrected chi connectivity index (χ0v) is 18.7. The maximum absolute atomic E-state index is 13.7. The Morgan fingerprint density at radius 2 is 1.87 bits per heavy atom. The van der Waals surface area contributed by atoms with Crippen LogP contribution in [-0.4, -0.2) is 57.4 Å². The van der Waals surface area contributed by atoms with Gasteiger partial charge in [-0.15, -0.1) is 0 Å². The Hall–Kier alpha value is -2.27. The molecule has 1 aromatic heterocycles. The molecule has 1 aliphatic carbocycles. The fourth-order valence-electron chi connectivity index (χ4n) is 6.73. The molecule has 162 valence electrons. The first-order valence-electron chi connectivity index (χ1n) is 12.1. The highest BCUT2D eigenvalue weighted by molar-refractivity contribution is 5.97. The van der Waals surface area contributed by atoms with Crippen LogP contribution < -0.4 is 0 Å². The first-order chi connectivity index (χ1) is 15.1. The number of aromatic nitrogens is 2. The van der Waals surface area contributed by atoms with E-state index in [9.17, 15) is 4.79 Å². The van der Waals surface area contributed by atoms with Gasteiger partial charge in [0.1, 0.15) is 0 Å². The summed E-state index contributed by atoms with van der Waals surface area (Å²) in [6.07, 6.45) is 10.1. The van der Waals surface area contributed by atoms with Gasteiger partial charge in [0.2, 0.25) is 0 Å². The molecular weight excluding hydrogens is 384 g/mol. The van der Waals surface area contributed by atoms with Gasteiger partial charge < -0.3 is 4.90 Å². The Balaban J connectivity index is 1.33. The number of carbonyl (C=O) groups is 1. The zero-order chi connectivity index (χ0) is 21.1. The second-order valence-corrected chi connectivity index (χ2v) is 10.1. The van der Waals surface area contributed by atoms with E-state index >= 15 is 0 Å². The van der Waals surface area contributed by atoms with E-state index in [0.29, 0.717) is 11.8 Å². The molecule has 5 heteroatoms. The predicted octanol–water partition coefficient (Wildman–Crippen LogP) is 4.28. The third-order valence-corrected chi connectivity index (χ3v) is 8.24. The molecule has 0 radical (unpaired) electrons. The van der Waals surface area contributed by atoms with Crippen molar-refractivity contribution in [2.75, 3.05) is 19.6 Å². The summed E-state index contributed by atoms with van der Waals surface area (Å²) in [7, 11) is 0. The fraction of sp³-hybridized carbons (Fsp3) is 0.577. The lowest BCUT2D eigenvalue weighted by Gasteiger charge is -2.54. The third kappa shape index (κ3) is 3.20. The number of carbonyl (C=O) groups excluding carboxylic acids is 1. The van der Waals surface area contributed by atoms with Crippen molar-refractivity contribution in [3.05, 3.63) is 46.8 Å². The molecule has 2 bridgehead atoms. The second kappa shape index (κ2) is 7.40. The normalized spacial score (nSPS) is 30.5. The smallest absolute Gasteiger partial charge is 0.254 e. The minimum atomic E-state index is 0.164. The average molecular weight is 417 g/mol. The van der Waals surface area contributed by atoms with Gasteiger partial charge in [0.25, 0.3) is 5.91 Å². The van der Waals surface area contributed by atoms with Crippen LogP contribution in [0, 0.1) is 25.7 Å². The van der Waals surface area contributed by atoms with Crippen LogP contribution in [0.3, 0.4) is 0 Å². The first kappa shape index (κ1) is 19.4. The van der Waals surface area contributed by atoms with E-state index in [1.807, 2.05) is 32.0 Å². The molecule has 4 unspecified atom stereocenters. The van der Waals surface area contributed by atoms with Gasteiger partial charge in [0, 0.05) is 24.7 Å². The number of amides is 1. The van der Waals surface area contributed by atoms with Crippen LogP contribution in [0.1, 0.15) is 60.3 Å². The summed E-state index contributed by atoms with van der Waals surface area (Å²) in [4.78, 5) is 28.0. The van der Waals surface area contributed by atoms with E-state index in [0.717, 1.165) is 60.0 Å². The maximum atomic E-state index is 13.7. The predicted molar refractivity (Wildman–Crippen MR) is 122 cm³/mol. The number of likely N-dealkylation sites (tertiary alicyclic amines) is 1. The fourth-order valence-corrected chi connectivity index (χ4v) is 6.73. The molecule has 5 nitrogen and oxygen atoms in total. The zero-order valence-electron chi connectivity index (χ0n) is 18.7. The van der Waals surface area contributed by atoms with Crippen LogP contribution in [0.25, 0.3) is 11.0 Å². The molecule has 1 aromatic carbocycles. The van der Waals surface area contributed by atoms with E-state index in [2.05, 4.69) is 25.8 Å². The SMILES string of the molecule is Cc1nc2ccc(C(=O)N3CCCC4=CC5CC(CN6CCCCC56)C43)cc2nc1C. The van der Waals surface area contributed by atoms with Crippen LogP contribution >= 0.6 is 0 Å². The lowest BCUT2D eigenvalue weighted by Crippen LogP contribution is -2.60. The molecule has 0 spiro atoms. The van der Waals surface area contributed by atoms with Gasteiger partial charge in [-0.2, -0.15) is 0 Å². The van der Waals surface area contributed by atoms with Gasteiger partial charge in [-0.1, -0.05) is 18.1 Å². The van der Waals surface area contributed by atoms with Gasteiger partial charge >= 0.3 is 0 Å². The van der Waals surface area contributed by atoms with Crippen molar-refractivity contribution in [2.45, 2.75) is 64.5 Å². The van der Waals surface area contributed by atoms with E-state index in [-0.39, 0.29) is 11.9 Å². The highest BCUT2D eigenvalue weighted by Crippen LogP contribution is 2.45. The monoisotopic (exact) mass is 416 g/mol. The molecule has 3 saturated heterocycles. The van der Waals surface area contributed by atoms with Crippen molar-refractivity contribution in [3.8, 4) is 0 Å². The van der Waals surface area contributed by atoms with Gasteiger partial charge in [0.15, 0.2) is 0 Å². The first-order valence-corrected chi connectivity index (χ1v) is 12.1. The molecule has 3 fully saturated rings. The molecule has 1 amide bonds. The maximum Gasteiger partial charge on any atom is 0.254 e. The summed E-state index contributed by atoms with van der Waals surface area (Å²) >= 11 is 0. The number of rotatable bonds is 1. The van der Waals surface area contributed by atoms with Crippen molar-refractivity contribution in [2.24, 2.45) is 11.8 Å². The summed E-state index contributed by atoms with van der Waals surface area (Å²) in [5.41, 5.74) is 5.85. The summed E-state index contributed by atoms with van der Waals surface area (Å²) < 4.78 is 0. The minimum Gasteiger partial charge on any atom is -0.332 e. The molecule has 3 aliphatic heterocycles. The van der Waals surface area contributed by atoms with Crippen LogP contribution in [-0.2, 0) is 0 Å². The van der Waals surface area contributed by atoms with Crippen LogP contribution in [0.2, 0.25) is 0 Å². The highest BCUT2D eigenvalue weighted by atomic mass is 16.2. The van der Waals surface area contributed by atoms with E-state index in [4.69, 9.17) is 0 Å². The topological polar surface area (TPSA) is 49.3 Å². The molecule has 31 heavy (non-hydrogen) atoms. The number of piperidine rings is 3. The van der Waals surface area contributed by atoms with Crippen molar-refractivity contribution in [1.29, 1.82) is 0 Å². The Bertz CT molecular complexity index is 1080. The van der Waals surface area contributed by atoms with Gasteiger partial charge in [0.05, 0.1) is 28.5 Å². The number of aryl methyl sites for hydroxylation is 2. The van der Waals surface area contributed by atoms with E-state index < -0.39 is 0 Å². The van der Waals surface area contributed by atoms with E-state index in [1.54, 1.807) is 0 Å². The Morgan fingerprint density at radius 3 is 2.74 bits per heavy atom. The van der Waals surface area contributed by atoms with Crippen molar-refractivity contribution >= 4 is 16.9 Å². The standard InChI is InChI=1S/C26H32N4O/c1-16-17(2)28-23-14-19(8-9-22(23)27-16)26(31)30-11-5-6-18-12-20-13-21(25(18)30)15-29-10-4-3-7-24(20)29/h8-9,12,14,20-21,24-25H,3-7,10-11,13,15H2,1-2H3. The van der Waals surface area contributed by atoms with Crippen LogP contribution in [0.4, 0.5) is 0 Å². The van der Waals surface area contributed by atoms with Crippen molar-refractivity contribution < 1.29 is 4.79 Å². The summed E-state index contributed by atoms with van der Waals surface area (Å²) in [6, 6.07) is 6.87. The lowest BCUT2D eigenvalue weighted by molar-refractivity contribution is 0.00148. The van der Waals surface area contributed by atoms with Gasteiger partial charge in [-0.3, -0.25) is 9.69 Å². The number of nitrogens with zero attached hydrogens (tertiary/aromatic N) is 4.